The van der Waals surface area contributed by atoms with Gasteiger partial charge in [0, 0.05) is 47.7 Å². The van der Waals surface area contributed by atoms with Gasteiger partial charge in [0.05, 0.1) is 24.6 Å². The molecule has 1 N–H and O–H groups in total. The number of terminal acetylenes is 1. The van der Waals surface area contributed by atoms with Crippen molar-refractivity contribution in [3.63, 3.8) is 0 Å². The van der Waals surface area contributed by atoms with Crippen molar-refractivity contribution in [1.82, 2.24) is 9.97 Å². The van der Waals surface area contributed by atoms with Gasteiger partial charge < -0.3 is 15.0 Å². The third kappa shape index (κ3) is 5.33. The van der Waals surface area contributed by atoms with E-state index in [1.54, 1.807) is 30.6 Å². The van der Waals surface area contributed by atoms with Crippen LogP contribution in [0.1, 0.15) is 48.1 Å². The first-order chi connectivity index (χ1) is 16.7. The number of hydrogen-bond acceptors (Lipinski definition) is 5. The maximum Gasteiger partial charge on any atom is 0.255 e. The first-order valence-electron chi connectivity index (χ1n) is 11.5. The number of aryl methyl sites for hydroxylation is 1. The molecule has 1 aliphatic heterocycles. The van der Waals surface area contributed by atoms with Crippen molar-refractivity contribution < 1.29 is 13.9 Å². The number of carbonyl (C=O) groups is 1. The summed E-state index contributed by atoms with van der Waals surface area (Å²) in [5.74, 6) is 1.74. The smallest absolute Gasteiger partial charge is 0.255 e. The van der Waals surface area contributed by atoms with Crippen molar-refractivity contribution in [2.75, 3.05) is 36.5 Å². The van der Waals surface area contributed by atoms with Crippen LogP contribution in [0.2, 0.25) is 0 Å². The number of morpholine rings is 1. The second-order valence-corrected chi connectivity index (χ2v) is 9.62. The first kappa shape index (κ1) is 24.4. The van der Waals surface area contributed by atoms with Crippen molar-refractivity contribution in [2.45, 2.75) is 33.1 Å². The summed E-state index contributed by atoms with van der Waals surface area (Å²) in [6, 6.07) is 8.39. The molecule has 1 fully saturated rings. The predicted octanol–water partition coefficient (Wildman–Crippen LogP) is 4.96. The van der Waals surface area contributed by atoms with E-state index < -0.39 is 11.7 Å². The van der Waals surface area contributed by atoms with Crippen LogP contribution in [0.4, 0.5) is 15.8 Å². The van der Waals surface area contributed by atoms with Gasteiger partial charge in [0.25, 0.3) is 5.91 Å². The molecule has 0 bridgehead atoms. The number of hydrogen-bond donors (Lipinski definition) is 1. The summed E-state index contributed by atoms with van der Waals surface area (Å²) < 4.78 is 20.3. The minimum absolute atomic E-state index is 0.0960. The Kier molecular flexibility index (Phi) is 6.86. The van der Waals surface area contributed by atoms with Crippen LogP contribution >= 0.6 is 0 Å². The van der Waals surface area contributed by atoms with Gasteiger partial charge in [-0.25, -0.2) is 9.37 Å². The summed E-state index contributed by atoms with van der Waals surface area (Å²) in [5, 5.41) is 2.72. The van der Waals surface area contributed by atoms with Gasteiger partial charge in [-0.05, 0) is 54.3 Å². The molecule has 1 aliphatic rings. The lowest BCUT2D eigenvalue weighted by molar-refractivity contribution is 0.102. The Hall–Kier alpha value is -3.76. The maximum absolute atomic E-state index is 14.9. The van der Waals surface area contributed by atoms with E-state index in [0.717, 1.165) is 28.1 Å². The van der Waals surface area contributed by atoms with Gasteiger partial charge in [0.2, 0.25) is 0 Å². The number of carbonyl (C=O) groups excluding carboxylic acids is 1. The molecule has 0 saturated carbocycles. The van der Waals surface area contributed by atoms with Crippen LogP contribution in [0.25, 0.3) is 11.1 Å². The average Bonchev–Trinajstić information content (AvgIpc) is 2.85. The number of pyridine rings is 2. The molecule has 0 aliphatic carbocycles. The highest BCUT2D eigenvalue weighted by Crippen LogP contribution is 2.32. The van der Waals surface area contributed by atoms with Crippen molar-refractivity contribution in [3.05, 3.63) is 71.1 Å². The quantitative estimate of drug-likeness (QED) is 0.544. The minimum Gasteiger partial charge on any atom is -0.378 e. The molecule has 6 nitrogen and oxygen atoms in total. The van der Waals surface area contributed by atoms with Crippen molar-refractivity contribution >= 4 is 17.3 Å². The highest BCUT2D eigenvalue weighted by atomic mass is 19.1. The van der Waals surface area contributed by atoms with E-state index in [0.29, 0.717) is 37.6 Å². The number of nitrogens with zero attached hydrogens (tertiary/aromatic N) is 3. The summed E-state index contributed by atoms with van der Waals surface area (Å²) in [4.78, 5) is 23.9. The molecule has 3 aromatic rings. The molecule has 1 aromatic carbocycles. The fraction of sp³-hybridized carbons (Fsp3) is 0.321. The monoisotopic (exact) mass is 472 g/mol. The topological polar surface area (TPSA) is 67.4 Å². The predicted molar refractivity (Wildman–Crippen MR) is 136 cm³/mol. The lowest BCUT2D eigenvalue weighted by Crippen LogP contribution is -2.36. The SMILES string of the molecule is C#Cc1ncc(-c2cc(NC(=O)c3ccnc(C(C)(C)C)c3)c(F)cc2C)cc1N1CCOCC1. The van der Waals surface area contributed by atoms with E-state index in [-0.39, 0.29) is 11.1 Å². The molecule has 0 radical (unpaired) electrons. The molecule has 4 rings (SSSR count). The summed E-state index contributed by atoms with van der Waals surface area (Å²) in [6.07, 6.45) is 8.97. The first-order valence-corrected chi connectivity index (χ1v) is 11.5. The van der Waals surface area contributed by atoms with Gasteiger partial charge in [0.1, 0.15) is 11.5 Å². The van der Waals surface area contributed by atoms with Gasteiger partial charge in [-0.2, -0.15) is 0 Å². The van der Waals surface area contributed by atoms with Gasteiger partial charge in [-0.1, -0.05) is 20.8 Å². The highest BCUT2D eigenvalue weighted by Gasteiger charge is 2.20. The minimum atomic E-state index is -0.508. The van der Waals surface area contributed by atoms with Crippen LogP contribution in [-0.4, -0.2) is 42.2 Å². The molecule has 1 saturated heterocycles. The summed E-state index contributed by atoms with van der Waals surface area (Å²) in [7, 11) is 0. The third-order valence-corrected chi connectivity index (χ3v) is 6.02. The van der Waals surface area contributed by atoms with Crippen LogP contribution < -0.4 is 10.2 Å². The number of nitrogens with one attached hydrogen (secondary N) is 1. The Morgan fingerprint density at radius 1 is 1.17 bits per heavy atom. The van der Waals surface area contributed by atoms with E-state index in [1.807, 2.05) is 33.8 Å². The zero-order valence-corrected chi connectivity index (χ0v) is 20.5. The summed E-state index contributed by atoms with van der Waals surface area (Å²) in [5.41, 5.74) is 4.75. The van der Waals surface area contributed by atoms with Gasteiger partial charge in [0.15, 0.2) is 0 Å². The number of ether oxygens (including phenoxy) is 1. The third-order valence-electron chi connectivity index (χ3n) is 6.02. The number of halogens is 1. The number of anilines is 2. The van der Waals surface area contributed by atoms with Gasteiger partial charge >= 0.3 is 0 Å². The fourth-order valence-electron chi connectivity index (χ4n) is 4.01. The summed E-state index contributed by atoms with van der Waals surface area (Å²) >= 11 is 0. The number of aromatic nitrogens is 2. The molecular weight excluding hydrogens is 443 g/mol. The Morgan fingerprint density at radius 2 is 1.91 bits per heavy atom. The molecule has 7 heteroatoms. The van der Waals surface area contributed by atoms with Crippen molar-refractivity contribution in [3.8, 4) is 23.5 Å². The maximum atomic E-state index is 14.9. The van der Waals surface area contributed by atoms with Crippen LogP contribution in [0.3, 0.4) is 0 Å². The van der Waals surface area contributed by atoms with Gasteiger partial charge in [-0.15, -0.1) is 6.42 Å². The van der Waals surface area contributed by atoms with Crippen molar-refractivity contribution in [1.29, 1.82) is 0 Å². The van der Waals surface area contributed by atoms with Gasteiger partial charge in [-0.3, -0.25) is 9.78 Å². The lowest BCUT2D eigenvalue weighted by atomic mass is 9.91. The molecule has 2 aromatic heterocycles. The van der Waals surface area contributed by atoms with Crippen molar-refractivity contribution in [2.24, 2.45) is 0 Å². The normalized spacial score (nSPS) is 13.9. The zero-order valence-electron chi connectivity index (χ0n) is 20.5. The molecular formula is C28H29FN4O2. The van der Waals surface area contributed by atoms with Crippen LogP contribution in [0.5, 0.6) is 0 Å². The van der Waals surface area contributed by atoms with E-state index in [4.69, 9.17) is 11.2 Å². The Morgan fingerprint density at radius 3 is 2.60 bits per heavy atom. The molecule has 0 unspecified atom stereocenters. The Labute approximate surface area is 205 Å². The molecule has 35 heavy (non-hydrogen) atoms. The van der Waals surface area contributed by atoms with Crippen LogP contribution in [0, 0.1) is 25.1 Å². The molecule has 3 heterocycles. The number of benzene rings is 1. The van der Waals surface area contributed by atoms with E-state index >= 15 is 0 Å². The summed E-state index contributed by atoms with van der Waals surface area (Å²) in [6.45, 7) is 10.6. The molecule has 180 valence electrons. The van der Waals surface area contributed by atoms with Crippen LogP contribution in [-0.2, 0) is 10.2 Å². The number of amides is 1. The average molecular weight is 473 g/mol. The molecule has 1 amide bonds. The zero-order chi connectivity index (χ0) is 25.2. The largest absolute Gasteiger partial charge is 0.378 e. The second-order valence-electron chi connectivity index (χ2n) is 9.62. The highest BCUT2D eigenvalue weighted by molar-refractivity contribution is 6.04. The van der Waals surface area contributed by atoms with E-state index in [9.17, 15) is 9.18 Å². The number of rotatable bonds is 4. The Balaban J connectivity index is 1.68. The van der Waals surface area contributed by atoms with Crippen LogP contribution in [0.15, 0.2) is 42.7 Å². The van der Waals surface area contributed by atoms with E-state index in [2.05, 4.69) is 26.1 Å². The lowest BCUT2D eigenvalue weighted by Gasteiger charge is -2.29. The Bertz CT molecular complexity index is 1300. The second kappa shape index (κ2) is 9.85. The standard InChI is InChI=1S/C28H29FN4O2/c1-6-23-25(33-9-11-35-12-10-33)14-20(17-31-23)21-16-24(22(29)13-18(21)2)32-27(34)19-7-8-30-26(15-19)28(3,4)5/h1,7-8,13-17H,9-12H2,2-5H3,(H,32,34). The van der Waals surface area contributed by atoms with E-state index in [1.165, 1.54) is 6.07 Å². The molecule has 0 spiro atoms. The fourth-order valence-corrected chi connectivity index (χ4v) is 4.01. The molecule has 0 atom stereocenters.